The molecule has 0 aromatic heterocycles. The molecule has 0 saturated heterocycles. The summed E-state index contributed by atoms with van der Waals surface area (Å²) in [6.07, 6.45) is 12.7. The van der Waals surface area contributed by atoms with Crippen LogP contribution in [-0.4, -0.2) is 28.4 Å². The van der Waals surface area contributed by atoms with Crippen molar-refractivity contribution in [3.63, 3.8) is 0 Å². The van der Waals surface area contributed by atoms with Gasteiger partial charge in [-0.1, -0.05) is 29.9 Å². The Hall–Kier alpha value is -2.43. The summed E-state index contributed by atoms with van der Waals surface area (Å²) in [6.45, 7) is 3.59. The Bertz CT molecular complexity index is 522. The number of hydrogen-bond acceptors (Lipinski definition) is 4. The molecule has 4 nitrogen and oxygen atoms in total. The molecule has 0 rings (SSSR count). The first-order valence-electron chi connectivity index (χ1n) is 7.02. The minimum Gasteiger partial charge on any atom is -0.507 e. The van der Waals surface area contributed by atoms with Crippen LogP contribution in [0.4, 0.5) is 0 Å². The standard InChI is InChI=1S/C18H22O4/c1-4-10-16(19)11-7-5-6-8-12-17(20)13-9-14-18(21)22-15(2)3/h1,5-7,10-11,15,17,19-20H,9,13-14H2,2-3H3/b6-5+,11-7+,16-10+/t17-/m1/s1. The number of hydrogen-bond donors (Lipinski definition) is 2. The van der Waals surface area contributed by atoms with E-state index < -0.39 is 6.10 Å². The van der Waals surface area contributed by atoms with Crippen molar-refractivity contribution in [1.82, 2.24) is 0 Å². The first-order valence-corrected chi connectivity index (χ1v) is 7.02. The Labute approximate surface area is 132 Å². The second-order valence-corrected chi connectivity index (χ2v) is 4.69. The fourth-order valence-electron chi connectivity index (χ4n) is 1.37. The summed E-state index contributed by atoms with van der Waals surface area (Å²) in [4.78, 5) is 11.3. The van der Waals surface area contributed by atoms with E-state index in [9.17, 15) is 15.0 Å². The molecule has 4 heteroatoms. The maximum Gasteiger partial charge on any atom is 0.306 e. The molecule has 0 amide bonds. The third-order valence-corrected chi connectivity index (χ3v) is 2.26. The van der Waals surface area contributed by atoms with Crippen LogP contribution in [0.1, 0.15) is 33.1 Å². The topological polar surface area (TPSA) is 66.8 Å². The second-order valence-electron chi connectivity index (χ2n) is 4.69. The predicted molar refractivity (Wildman–Crippen MR) is 86.7 cm³/mol. The number of carbonyl (C=O) groups is 1. The van der Waals surface area contributed by atoms with E-state index in [0.717, 1.165) is 0 Å². The highest BCUT2D eigenvalue weighted by molar-refractivity contribution is 5.69. The van der Waals surface area contributed by atoms with E-state index in [0.29, 0.717) is 12.8 Å². The molecule has 0 aliphatic heterocycles. The second kappa shape index (κ2) is 12.3. The van der Waals surface area contributed by atoms with Crippen LogP contribution in [0.25, 0.3) is 0 Å². The van der Waals surface area contributed by atoms with Gasteiger partial charge in [0, 0.05) is 12.5 Å². The van der Waals surface area contributed by atoms with Crippen LogP contribution in [-0.2, 0) is 9.53 Å². The first-order chi connectivity index (χ1) is 10.5. The first kappa shape index (κ1) is 19.6. The largest absolute Gasteiger partial charge is 0.507 e. The SMILES string of the molecule is C#C\C=C(O)/C=C/C=C/C#C[C@@H](O)CCCC(=O)OC(C)C. The summed E-state index contributed by atoms with van der Waals surface area (Å²) < 4.78 is 4.98. The lowest BCUT2D eigenvalue weighted by Gasteiger charge is -2.07. The Morgan fingerprint density at radius 3 is 2.73 bits per heavy atom. The normalized spacial score (nSPS) is 13.0. The summed E-state index contributed by atoms with van der Waals surface area (Å²) >= 11 is 0. The monoisotopic (exact) mass is 302 g/mol. The van der Waals surface area contributed by atoms with Gasteiger partial charge in [0.15, 0.2) is 0 Å². The van der Waals surface area contributed by atoms with E-state index in [4.69, 9.17) is 11.2 Å². The molecule has 0 spiro atoms. The van der Waals surface area contributed by atoms with Crippen molar-refractivity contribution < 1.29 is 19.7 Å². The summed E-state index contributed by atoms with van der Waals surface area (Å²) in [5, 5.41) is 18.8. The minimum absolute atomic E-state index is 0.0200. The number of terminal acetylenes is 1. The number of aliphatic hydroxyl groups is 2. The van der Waals surface area contributed by atoms with Crippen molar-refractivity contribution >= 4 is 5.97 Å². The third kappa shape index (κ3) is 12.6. The lowest BCUT2D eigenvalue weighted by Crippen LogP contribution is -2.12. The number of rotatable bonds is 7. The minimum atomic E-state index is -0.782. The van der Waals surface area contributed by atoms with Crippen molar-refractivity contribution in [2.45, 2.75) is 45.3 Å². The zero-order chi connectivity index (χ0) is 16.8. The molecule has 118 valence electrons. The van der Waals surface area contributed by atoms with E-state index in [1.54, 1.807) is 26.0 Å². The average Bonchev–Trinajstić information content (AvgIpc) is 2.42. The van der Waals surface area contributed by atoms with Crippen LogP contribution in [0.15, 0.2) is 36.1 Å². The molecule has 0 aliphatic carbocycles. The van der Waals surface area contributed by atoms with Gasteiger partial charge in [-0.2, -0.15) is 0 Å². The summed E-state index contributed by atoms with van der Waals surface area (Å²) in [7, 11) is 0. The molecule has 0 heterocycles. The summed E-state index contributed by atoms with van der Waals surface area (Å²) in [5.74, 6) is 7.21. The molecular weight excluding hydrogens is 280 g/mol. The molecule has 0 aromatic rings. The molecule has 0 bridgehead atoms. The van der Waals surface area contributed by atoms with Crippen molar-refractivity contribution in [3.05, 3.63) is 36.1 Å². The number of esters is 1. The summed E-state index contributed by atoms with van der Waals surface area (Å²) in [5.41, 5.74) is 0. The van der Waals surface area contributed by atoms with E-state index in [1.165, 1.54) is 18.2 Å². The Balaban J connectivity index is 3.99. The van der Waals surface area contributed by atoms with Gasteiger partial charge in [-0.15, -0.1) is 6.42 Å². The molecular formula is C18H22O4. The lowest BCUT2D eigenvalue weighted by molar-refractivity contribution is -0.147. The Kier molecular flexibility index (Phi) is 11.0. The zero-order valence-corrected chi connectivity index (χ0v) is 13.0. The van der Waals surface area contributed by atoms with Crippen molar-refractivity contribution in [2.75, 3.05) is 0 Å². The van der Waals surface area contributed by atoms with E-state index in [1.807, 2.05) is 0 Å². The van der Waals surface area contributed by atoms with Gasteiger partial charge in [0.1, 0.15) is 11.9 Å². The lowest BCUT2D eigenvalue weighted by atomic mass is 10.1. The number of allylic oxidation sites excluding steroid dienone is 5. The Morgan fingerprint density at radius 1 is 1.36 bits per heavy atom. The van der Waals surface area contributed by atoms with Gasteiger partial charge >= 0.3 is 5.97 Å². The number of carbonyl (C=O) groups excluding carboxylic acids is 1. The number of ether oxygens (including phenoxy) is 1. The van der Waals surface area contributed by atoms with Crippen LogP contribution >= 0.6 is 0 Å². The smallest absolute Gasteiger partial charge is 0.306 e. The molecule has 22 heavy (non-hydrogen) atoms. The maximum absolute atomic E-state index is 11.3. The highest BCUT2D eigenvalue weighted by Crippen LogP contribution is 2.03. The van der Waals surface area contributed by atoms with Gasteiger partial charge in [-0.3, -0.25) is 4.79 Å². The molecule has 1 atom stereocenters. The van der Waals surface area contributed by atoms with Crippen LogP contribution in [0, 0.1) is 24.2 Å². The molecule has 2 N–H and O–H groups in total. The maximum atomic E-state index is 11.3. The van der Waals surface area contributed by atoms with Gasteiger partial charge in [0.05, 0.1) is 6.10 Å². The van der Waals surface area contributed by atoms with Gasteiger partial charge < -0.3 is 14.9 Å². The molecule has 0 fully saturated rings. The fraction of sp³-hybridized carbons (Fsp3) is 0.389. The molecule has 0 aromatic carbocycles. The Morgan fingerprint density at radius 2 is 2.09 bits per heavy atom. The zero-order valence-electron chi connectivity index (χ0n) is 13.0. The van der Waals surface area contributed by atoms with Crippen molar-refractivity contribution in [2.24, 2.45) is 0 Å². The predicted octanol–water partition coefficient (Wildman–Crippen LogP) is 2.66. The van der Waals surface area contributed by atoms with Crippen LogP contribution in [0.3, 0.4) is 0 Å². The highest BCUT2D eigenvalue weighted by atomic mass is 16.5. The van der Waals surface area contributed by atoms with Gasteiger partial charge in [-0.05, 0) is 38.8 Å². The number of aliphatic hydroxyl groups excluding tert-OH is 2. The molecule has 0 radical (unpaired) electrons. The average molecular weight is 302 g/mol. The molecule has 0 aliphatic rings. The van der Waals surface area contributed by atoms with Crippen molar-refractivity contribution in [3.8, 4) is 24.2 Å². The van der Waals surface area contributed by atoms with Crippen LogP contribution < -0.4 is 0 Å². The fourth-order valence-corrected chi connectivity index (χ4v) is 1.37. The van der Waals surface area contributed by atoms with Gasteiger partial charge in [-0.25, -0.2) is 0 Å². The van der Waals surface area contributed by atoms with E-state index >= 15 is 0 Å². The van der Waals surface area contributed by atoms with E-state index in [-0.39, 0.29) is 24.3 Å². The van der Waals surface area contributed by atoms with E-state index in [2.05, 4.69) is 17.8 Å². The third-order valence-electron chi connectivity index (χ3n) is 2.26. The quantitative estimate of drug-likeness (QED) is 0.328. The van der Waals surface area contributed by atoms with Crippen LogP contribution in [0.5, 0.6) is 0 Å². The van der Waals surface area contributed by atoms with Crippen molar-refractivity contribution in [1.29, 1.82) is 0 Å². The summed E-state index contributed by atoms with van der Waals surface area (Å²) in [6, 6.07) is 0. The highest BCUT2D eigenvalue weighted by Gasteiger charge is 2.06. The van der Waals surface area contributed by atoms with Crippen LogP contribution in [0.2, 0.25) is 0 Å². The van der Waals surface area contributed by atoms with Gasteiger partial charge in [0.2, 0.25) is 0 Å². The molecule has 0 unspecified atom stereocenters. The van der Waals surface area contributed by atoms with Gasteiger partial charge in [0.25, 0.3) is 0 Å². The molecule has 0 saturated carbocycles.